The van der Waals surface area contributed by atoms with Gasteiger partial charge in [-0.2, -0.15) is 0 Å². The summed E-state index contributed by atoms with van der Waals surface area (Å²) in [5.74, 6) is -0.101. The summed E-state index contributed by atoms with van der Waals surface area (Å²) in [4.78, 5) is 22.9. The van der Waals surface area contributed by atoms with Crippen molar-refractivity contribution in [2.45, 2.75) is 6.54 Å². The second-order valence-corrected chi connectivity index (χ2v) is 6.37. The van der Waals surface area contributed by atoms with E-state index in [2.05, 4.69) is 15.3 Å². The summed E-state index contributed by atoms with van der Waals surface area (Å²) in [6.07, 6.45) is 3.52. The molecule has 24 heavy (non-hydrogen) atoms. The van der Waals surface area contributed by atoms with E-state index in [1.807, 2.05) is 60.8 Å². The van der Waals surface area contributed by atoms with Crippen LogP contribution in [0.2, 0.25) is 0 Å². The van der Waals surface area contributed by atoms with Crippen LogP contribution >= 0.6 is 11.3 Å². The van der Waals surface area contributed by atoms with E-state index in [1.165, 1.54) is 0 Å². The van der Waals surface area contributed by atoms with E-state index in [9.17, 15) is 4.79 Å². The van der Waals surface area contributed by atoms with E-state index in [4.69, 9.17) is 0 Å². The molecular weight excluding hydrogens is 320 g/mol. The third-order valence-corrected chi connectivity index (χ3v) is 4.48. The van der Waals surface area contributed by atoms with Crippen LogP contribution in [0.1, 0.15) is 16.1 Å². The van der Waals surface area contributed by atoms with E-state index in [0.717, 1.165) is 22.0 Å². The maximum absolute atomic E-state index is 12.2. The SMILES string of the molecule is CN(C)c1ccc(C(=O)NCc2csc(-c3cccnc3)n2)cc1. The first-order valence-electron chi connectivity index (χ1n) is 7.54. The molecule has 0 saturated heterocycles. The number of carbonyl (C=O) groups excluding carboxylic acids is 1. The molecule has 3 rings (SSSR count). The Morgan fingerprint density at radius 3 is 2.67 bits per heavy atom. The molecule has 0 atom stereocenters. The van der Waals surface area contributed by atoms with Gasteiger partial charge in [0.15, 0.2) is 0 Å². The molecule has 3 aromatic rings. The predicted molar refractivity (Wildman–Crippen MR) is 97.3 cm³/mol. The van der Waals surface area contributed by atoms with Gasteiger partial charge in [-0.05, 0) is 36.4 Å². The number of nitrogens with one attached hydrogen (secondary N) is 1. The van der Waals surface area contributed by atoms with Crippen LogP contribution in [0.25, 0.3) is 10.6 Å². The summed E-state index contributed by atoms with van der Waals surface area (Å²) in [5.41, 5.74) is 3.53. The second kappa shape index (κ2) is 7.23. The van der Waals surface area contributed by atoms with Gasteiger partial charge in [0, 0.05) is 48.7 Å². The number of anilines is 1. The number of nitrogens with zero attached hydrogens (tertiary/aromatic N) is 3. The smallest absolute Gasteiger partial charge is 0.251 e. The maximum atomic E-state index is 12.2. The topological polar surface area (TPSA) is 58.1 Å². The van der Waals surface area contributed by atoms with Gasteiger partial charge in [-0.15, -0.1) is 11.3 Å². The minimum Gasteiger partial charge on any atom is -0.378 e. The monoisotopic (exact) mass is 338 g/mol. The summed E-state index contributed by atoms with van der Waals surface area (Å²) in [6.45, 7) is 0.408. The van der Waals surface area contributed by atoms with Crippen LogP contribution in [0.4, 0.5) is 5.69 Å². The Bertz CT molecular complexity index is 813. The number of thiazole rings is 1. The molecule has 2 aromatic heterocycles. The standard InChI is InChI=1S/C18H18N4OS/c1-22(2)16-7-5-13(6-8-16)17(23)20-11-15-12-24-18(21-15)14-4-3-9-19-10-14/h3-10,12H,11H2,1-2H3,(H,20,23). The summed E-state index contributed by atoms with van der Waals surface area (Å²) >= 11 is 1.55. The van der Waals surface area contributed by atoms with E-state index >= 15 is 0 Å². The average Bonchev–Trinajstić information content (AvgIpc) is 3.09. The van der Waals surface area contributed by atoms with Gasteiger partial charge in [0.1, 0.15) is 5.01 Å². The Morgan fingerprint density at radius 2 is 2.00 bits per heavy atom. The molecule has 0 radical (unpaired) electrons. The normalized spacial score (nSPS) is 10.4. The van der Waals surface area contributed by atoms with Gasteiger partial charge in [0.25, 0.3) is 5.91 Å². The van der Waals surface area contributed by atoms with E-state index in [1.54, 1.807) is 23.7 Å². The minimum atomic E-state index is -0.101. The zero-order valence-electron chi connectivity index (χ0n) is 13.6. The highest BCUT2D eigenvalue weighted by Gasteiger charge is 2.08. The lowest BCUT2D eigenvalue weighted by atomic mass is 10.2. The number of benzene rings is 1. The molecule has 2 heterocycles. The first-order chi connectivity index (χ1) is 11.6. The number of amides is 1. The molecule has 0 aliphatic rings. The highest BCUT2D eigenvalue weighted by molar-refractivity contribution is 7.13. The zero-order chi connectivity index (χ0) is 16.9. The van der Waals surface area contributed by atoms with Crippen LogP contribution in [-0.2, 0) is 6.54 Å². The fraction of sp³-hybridized carbons (Fsp3) is 0.167. The van der Waals surface area contributed by atoms with Crippen LogP contribution in [0.3, 0.4) is 0 Å². The van der Waals surface area contributed by atoms with Crippen LogP contribution in [-0.4, -0.2) is 30.0 Å². The maximum Gasteiger partial charge on any atom is 0.251 e. The Morgan fingerprint density at radius 1 is 1.21 bits per heavy atom. The molecule has 1 amide bonds. The van der Waals surface area contributed by atoms with Gasteiger partial charge in [-0.3, -0.25) is 9.78 Å². The van der Waals surface area contributed by atoms with Crippen molar-refractivity contribution in [2.75, 3.05) is 19.0 Å². The van der Waals surface area contributed by atoms with Gasteiger partial charge in [0.05, 0.1) is 12.2 Å². The quantitative estimate of drug-likeness (QED) is 0.776. The van der Waals surface area contributed by atoms with Gasteiger partial charge < -0.3 is 10.2 Å². The second-order valence-electron chi connectivity index (χ2n) is 5.51. The number of hydrogen-bond acceptors (Lipinski definition) is 5. The molecule has 0 aliphatic heterocycles. The lowest BCUT2D eigenvalue weighted by Gasteiger charge is -2.12. The summed E-state index contributed by atoms with van der Waals surface area (Å²) in [5, 5.41) is 5.77. The van der Waals surface area contributed by atoms with Crippen molar-refractivity contribution >= 4 is 22.9 Å². The van der Waals surface area contributed by atoms with E-state index in [0.29, 0.717) is 12.1 Å². The Balaban J connectivity index is 1.61. The van der Waals surface area contributed by atoms with Crippen molar-refractivity contribution in [3.8, 4) is 10.6 Å². The first kappa shape index (κ1) is 16.1. The Hall–Kier alpha value is -2.73. The molecule has 0 fully saturated rings. The van der Waals surface area contributed by atoms with E-state index < -0.39 is 0 Å². The molecule has 0 aliphatic carbocycles. The van der Waals surface area contributed by atoms with Gasteiger partial charge in [-0.1, -0.05) is 0 Å². The number of rotatable bonds is 5. The molecule has 0 spiro atoms. The summed E-state index contributed by atoms with van der Waals surface area (Å²) < 4.78 is 0. The van der Waals surface area contributed by atoms with Crippen molar-refractivity contribution in [3.63, 3.8) is 0 Å². The van der Waals surface area contributed by atoms with Crippen LogP contribution in [0, 0.1) is 0 Å². The fourth-order valence-corrected chi connectivity index (χ4v) is 3.00. The van der Waals surface area contributed by atoms with Crippen LogP contribution in [0.5, 0.6) is 0 Å². The zero-order valence-corrected chi connectivity index (χ0v) is 14.4. The molecule has 5 nitrogen and oxygen atoms in total. The fourth-order valence-electron chi connectivity index (χ4n) is 2.19. The first-order valence-corrected chi connectivity index (χ1v) is 8.42. The lowest BCUT2D eigenvalue weighted by Crippen LogP contribution is -2.23. The molecule has 1 aromatic carbocycles. The Kier molecular flexibility index (Phi) is 4.86. The number of hydrogen-bond donors (Lipinski definition) is 1. The molecular formula is C18H18N4OS. The van der Waals surface area contributed by atoms with Crippen molar-refractivity contribution in [2.24, 2.45) is 0 Å². The third kappa shape index (κ3) is 3.78. The summed E-state index contributed by atoms with van der Waals surface area (Å²) in [6, 6.07) is 11.4. The van der Waals surface area contributed by atoms with Crippen LogP contribution < -0.4 is 10.2 Å². The van der Waals surface area contributed by atoms with Crippen molar-refractivity contribution in [3.05, 3.63) is 65.4 Å². The predicted octanol–water partition coefficient (Wildman–Crippen LogP) is 3.20. The van der Waals surface area contributed by atoms with Crippen molar-refractivity contribution in [1.29, 1.82) is 0 Å². The van der Waals surface area contributed by atoms with Gasteiger partial charge in [0.2, 0.25) is 0 Å². The highest BCUT2D eigenvalue weighted by atomic mass is 32.1. The number of pyridine rings is 1. The molecule has 6 heteroatoms. The molecule has 0 unspecified atom stereocenters. The largest absolute Gasteiger partial charge is 0.378 e. The van der Waals surface area contributed by atoms with Gasteiger partial charge in [-0.25, -0.2) is 4.98 Å². The van der Waals surface area contributed by atoms with Crippen molar-refractivity contribution in [1.82, 2.24) is 15.3 Å². The highest BCUT2D eigenvalue weighted by Crippen LogP contribution is 2.22. The summed E-state index contributed by atoms with van der Waals surface area (Å²) in [7, 11) is 3.94. The molecule has 0 saturated carbocycles. The third-order valence-electron chi connectivity index (χ3n) is 3.54. The molecule has 122 valence electrons. The van der Waals surface area contributed by atoms with Crippen LogP contribution in [0.15, 0.2) is 54.2 Å². The Labute approximate surface area is 145 Å². The molecule has 1 N–H and O–H groups in total. The number of carbonyl (C=O) groups is 1. The average molecular weight is 338 g/mol. The van der Waals surface area contributed by atoms with E-state index in [-0.39, 0.29) is 5.91 Å². The molecule has 0 bridgehead atoms. The van der Waals surface area contributed by atoms with Gasteiger partial charge >= 0.3 is 0 Å². The number of aromatic nitrogens is 2. The minimum absolute atomic E-state index is 0.101. The van der Waals surface area contributed by atoms with Crippen molar-refractivity contribution < 1.29 is 4.79 Å². The lowest BCUT2D eigenvalue weighted by molar-refractivity contribution is 0.0950.